The van der Waals surface area contributed by atoms with Gasteiger partial charge in [0.1, 0.15) is 4.88 Å². The minimum Gasteiger partial charge on any atom is -0.448 e. The Hall–Kier alpha value is -2.38. The maximum Gasteiger partial charge on any atom is 0.349 e. The van der Waals surface area contributed by atoms with Gasteiger partial charge < -0.3 is 19.7 Å². The third-order valence-corrected chi connectivity index (χ3v) is 5.67. The second kappa shape index (κ2) is 9.71. The molecule has 150 valence electrons. The molecule has 1 amide bonds. The zero-order valence-electron chi connectivity index (χ0n) is 16.3. The van der Waals surface area contributed by atoms with Crippen LogP contribution >= 0.6 is 11.3 Å². The number of hydrogen-bond acceptors (Lipinski definition) is 6. The monoisotopic (exact) mass is 402 g/mol. The van der Waals surface area contributed by atoms with E-state index in [0.29, 0.717) is 24.6 Å². The van der Waals surface area contributed by atoms with Crippen molar-refractivity contribution in [3.63, 3.8) is 0 Å². The second-order valence-corrected chi connectivity index (χ2v) is 7.66. The number of hydrogen-bond donors (Lipinski definition) is 1. The van der Waals surface area contributed by atoms with Gasteiger partial charge in [0.15, 0.2) is 6.10 Å². The fourth-order valence-electron chi connectivity index (χ4n) is 2.97. The van der Waals surface area contributed by atoms with Gasteiger partial charge in [0.25, 0.3) is 5.91 Å². The molecule has 1 N–H and O–H groups in total. The van der Waals surface area contributed by atoms with E-state index in [9.17, 15) is 9.59 Å². The highest BCUT2D eigenvalue weighted by Crippen LogP contribution is 2.39. The molecule has 1 aliphatic rings. The number of nitrogens with one attached hydrogen (secondary N) is 1. The Kier molecular flexibility index (Phi) is 7.06. The summed E-state index contributed by atoms with van der Waals surface area (Å²) in [5.74, 6) is -0.746. The van der Waals surface area contributed by atoms with Crippen LogP contribution in [0.25, 0.3) is 11.1 Å². The summed E-state index contributed by atoms with van der Waals surface area (Å²) in [5.41, 5.74) is 2.05. The molecule has 0 spiro atoms. The number of esters is 1. The first kappa shape index (κ1) is 20.4. The maximum atomic E-state index is 12.7. The Morgan fingerprint density at radius 1 is 1.25 bits per heavy atom. The summed E-state index contributed by atoms with van der Waals surface area (Å²) in [6, 6.07) is 11.9. The Morgan fingerprint density at radius 2 is 1.96 bits per heavy atom. The van der Waals surface area contributed by atoms with E-state index in [1.165, 1.54) is 11.3 Å². The predicted molar refractivity (Wildman–Crippen MR) is 111 cm³/mol. The van der Waals surface area contributed by atoms with Crippen molar-refractivity contribution in [2.24, 2.45) is 0 Å². The fraction of sp³-hybridized carbons (Fsp3) is 0.429. The van der Waals surface area contributed by atoms with Gasteiger partial charge in [0.05, 0.1) is 18.2 Å². The number of carbonyl (C=O) groups excluding carboxylic acids is 2. The summed E-state index contributed by atoms with van der Waals surface area (Å²) >= 11 is 1.40. The lowest BCUT2D eigenvalue weighted by Crippen LogP contribution is -2.36. The van der Waals surface area contributed by atoms with Crippen LogP contribution in [0.1, 0.15) is 29.9 Å². The summed E-state index contributed by atoms with van der Waals surface area (Å²) in [7, 11) is 0. The highest BCUT2D eigenvalue weighted by atomic mass is 32.1. The zero-order valence-corrected chi connectivity index (χ0v) is 17.1. The van der Waals surface area contributed by atoms with Crippen LogP contribution in [0, 0.1) is 0 Å². The molecule has 2 aromatic rings. The maximum absolute atomic E-state index is 12.7. The molecule has 1 aromatic carbocycles. The van der Waals surface area contributed by atoms with Gasteiger partial charge in [-0.15, -0.1) is 11.3 Å². The number of anilines is 1. The molecule has 1 fully saturated rings. The zero-order chi connectivity index (χ0) is 19.9. The van der Waals surface area contributed by atoms with Gasteiger partial charge in [-0.05, 0) is 25.0 Å². The van der Waals surface area contributed by atoms with Crippen molar-refractivity contribution in [1.82, 2.24) is 5.32 Å². The smallest absolute Gasteiger partial charge is 0.349 e. The highest BCUT2D eigenvalue weighted by molar-refractivity contribution is 7.18. The van der Waals surface area contributed by atoms with Crippen molar-refractivity contribution in [3.05, 3.63) is 41.3 Å². The van der Waals surface area contributed by atoms with Gasteiger partial charge in [-0.2, -0.15) is 0 Å². The van der Waals surface area contributed by atoms with Crippen LogP contribution in [0.3, 0.4) is 0 Å². The quantitative estimate of drug-likeness (QED) is 0.720. The highest BCUT2D eigenvalue weighted by Gasteiger charge is 2.25. The summed E-state index contributed by atoms with van der Waals surface area (Å²) in [5, 5.41) is 3.78. The first-order valence-electron chi connectivity index (χ1n) is 9.60. The van der Waals surface area contributed by atoms with Crippen molar-refractivity contribution in [2.45, 2.75) is 26.4 Å². The molecule has 3 rings (SSSR count). The van der Waals surface area contributed by atoms with Crippen molar-refractivity contribution < 1.29 is 19.1 Å². The number of rotatable bonds is 7. The number of nitrogens with zero attached hydrogens (tertiary/aromatic N) is 1. The van der Waals surface area contributed by atoms with Crippen LogP contribution in [-0.4, -0.2) is 50.8 Å². The minimum atomic E-state index is -0.826. The standard InChI is InChI=1S/C21H26N2O4S/c1-3-9-22-19(24)15(2)27-21(25)18-14-17(16-7-5-4-6-8-16)20(28-18)23-10-12-26-13-11-23/h4-8,14-15H,3,9-13H2,1-2H3,(H,22,24). The molecule has 0 bridgehead atoms. The Balaban J connectivity index is 1.82. The van der Waals surface area contributed by atoms with Gasteiger partial charge in [-0.1, -0.05) is 37.3 Å². The molecule has 1 aromatic heterocycles. The molecule has 1 aliphatic heterocycles. The summed E-state index contributed by atoms with van der Waals surface area (Å²) in [6.45, 7) is 7.04. The number of thiophene rings is 1. The van der Waals surface area contributed by atoms with Crippen molar-refractivity contribution >= 4 is 28.2 Å². The largest absolute Gasteiger partial charge is 0.448 e. The molecule has 1 saturated heterocycles. The minimum absolute atomic E-state index is 0.275. The van der Waals surface area contributed by atoms with Gasteiger partial charge in [0, 0.05) is 25.2 Å². The van der Waals surface area contributed by atoms with E-state index in [4.69, 9.17) is 9.47 Å². The number of benzene rings is 1. The molecule has 2 heterocycles. The molecule has 28 heavy (non-hydrogen) atoms. The fourth-order valence-corrected chi connectivity index (χ4v) is 4.09. The Bertz CT molecular complexity index is 800. The van der Waals surface area contributed by atoms with Gasteiger partial charge in [-0.25, -0.2) is 4.79 Å². The molecular formula is C21H26N2O4S. The molecule has 0 radical (unpaired) electrons. The molecule has 1 atom stereocenters. The average Bonchev–Trinajstić information content (AvgIpc) is 3.19. The van der Waals surface area contributed by atoms with Crippen LogP contribution < -0.4 is 10.2 Å². The lowest BCUT2D eigenvalue weighted by Gasteiger charge is -2.28. The van der Waals surface area contributed by atoms with Gasteiger partial charge in [0.2, 0.25) is 0 Å². The summed E-state index contributed by atoms with van der Waals surface area (Å²) in [6.07, 6.45) is 0.00823. The molecule has 6 nitrogen and oxygen atoms in total. The molecule has 0 aliphatic carbocycles. The average molecular weight is 403 g/mol. The van der Waals surface area contributed by atoms with Crippen LogP contribution in [0.4, 0.5) is 5.00 Å². The summed E-state index contributed by atoms with van der Waals surface area (Å²) in [4.78, 5) is 27.4. The van der Waals surface area contributed by atoms with Gasteiger partial charge >= 0.3 is 5.97 Å². The first-order valence-corrected chi connectivity index (χ1v) is 10.4. The second-order valence-electron chi connectivity index (χ2n) is 6.63. The van der Waals surface area contributed by atoms with Crippen LogP contribution in [0.5, 0.6) is 0 Å². The van der Waals surface area contributed by atoms with E-state index >= 15 is 0 Å². The van der Waals surface area contributed by atoms with E-state index in [2.05, 4.69) is 10.2 Å². The SMILES string of the molecule is CCCNC(=O)C(C)OC(=O)c1cc(-c2ccccc2)c(N2CCOCC2)s1. The topological polar surface area (TPSA) is 67.9 Å². The third-order valence-electron chi connectivity index (χ3n) is 4.50. The van der Waals surface area contributed by atoms with Gasteiger partial charge in [-0.3, -0.25) is 4.79 Å². The lowest BCUT2D eigenvalue weighted by molar-refractivity contribution is -0.129. The third kappa shape index (κ3) is 4.91. The summed E-state index contributed by atoms with van der Waals surface area (Å²) < 4.78 is 10.9. The number of morpholine rings is 1. The molecule has 7 heteroatoms. The van der Waals surface area contributed by atoms with E-state index in [1.807, 2.05) is 43.3 Å². The molecular weight excluding hydrogens is 376 g/mol. The van der Waals surface area contributed by atoms with Crippen molar-refractivity contribution in [1.29, 1.82) is 0 Å². The van der Waals surface area contributed by atoms with E-state index in [0.717, 1.165) is 35.6 Å². The number of carbonyl (C=O) groups is 2. The number of ether oxygens (including phenoxy) is 2. The van der Waals surface area contributed by atoms with Crippen molar-refractivity contribution in [3.8, 4) is 11.1 Å². The Morgan fingerprint density at radius 3 is 2.64 bits per heavy atom. The van der Waals surface area contributed by atoms with Crippen molar-refractivity contribution in [2.75, 3.05) is 37.7 Å². The van der Waals surface area contributed by atoms with Crippen LogP contribution in [0.2, 0.25) is 0 Å². The first-order chi connectivity index (χ1) is 13.6. The normalized spacial score (nSPS) is 15.1. The van der Waals surface area contributed by atoms with E-state index < -0.39 is 12.1 Å². The van der Waals surface area contributed by atoms with E-state index in [1.54, 1.807) is 6.92 Å². The molecule has 1 unspecified atom stereocenters. The number of amides is 1. The predicted octanol–water partition coefficient (Wildman–Crippen LogP) is 3.32. The van der Waals surface area contributed by atoms with Crippen LogP contribution in [0.15, 0.2) is 36.4 Å². The van der Waals surface area contributed by atoms with E-state index in [-0.39, 0.29) is 5.91 Å². The Labute approximate surface area is 169 Å². The lowest BCUT2D eigenvalue weighted by atomic mass is 10.1. The van der Waals surface area contributed by atoms with Crippen LogP contribution in [-0.2, 0) is 14.3 Å². The molecule has 0 saturated carbocycles.